The molecule has 0 unspecified atom stereocenters. The van der Waals surface area contributed by atoms with Crippen LogP contribution in [0.3, 0.4) is 0 Å². The number of hydrogen-bond donors (Lipinski definition) is 1. The van der Waals surface area contributed by atoms with Crippen LogP contribution < -0.4 is 4.74 Å². The number of carboxylic acid groups (broad SMARTS) is 1. The van der Waals surface area contributed by atoms with Crippen molar-refractivity contribution < 1.29 is 23.6 Å². The van der Waals surface area contributed by atoms with E-state index in [2.05, 4.69) is 21.1 Å². The first-order chi connectivity index (χ1) is 8.52. The number of carboxylic acids is 1. The van der Waals surface area contributed by atoms with Crippen molar-refractivity contribution in [1.29, 1.82) is 0 Å². The summed E-state index contributed by atoms with van der Waals surface area (Å²) in [5.74, 6) is -1.50. The molecule has 2 rings (SSSR count). The van der Waals surface area contributed by atoms with E-state index in [-0.39, 0.29) is 21.7 Å². The Hall–Kier alpha value is -1.89. The largest absolute Gasteiger partial charge is 0.494 e. The zero-order chi connectivity index (χ0) is 13.3. The molecule has 0 radical (unpaired) electrons. The van der Waals surface area contributed by atoms with Gasteiger partial charge in [-0.2, -0.15) is 0 Å². The zero-order valence-electron chi connectivity index (χ0n) is 9.11. The van der Waals surface area contributed by atoms with Crippen LogP contribution in [0.1, 0.15) is 10.5 Å². The maximum absolute atomic E-state index is 13.5. The highest BCUT2D eigenvalue weighted by Crippen LogP contribution is 2.32. The van der Waals surface area contributed by atoms with E-state index in [0.29, 0.717) is 5.56 Å². The number of ether oxygens (including phenoxy) is 1. The molecule has 0 amide bonds. The molecular formula is C11H7BrFNO4. The van der Waals surface area contributed by atoms with E-state index in [9.17, 15) is 9.18 Å². The van der Waals surface area contributed by atoms with Gasteiger partial charge in [-0.3, -0.25) is 0 Å². The molecule has 0 saturated carbocycles. The van der Waals surface area contributed by atoms with Gasteiger partial charge in [-0.1, -0.05) is 5.16 Å². The van der Waals surface area contributed by atoms with Gasteiger partial charge in [0.05, 0.1) is 11.6 Å². The first kappa shape index (κ1) is 12.6. The van der Waals surface area contributed by atoms with Gasteiger partial charge >= 0.3 is 5.97 Å². The van der Waals surface area contributed by atoms with Crippen LogP contribution in [0.15, 0.2) is 27.2 Å². The van der Waals surface area contributed by atoms with Crippen molar-refractivity contribution in [2.24, 2.45) is 0 Å². The van der Waals surface area contributed by atoms with Crippen LogP contribution in [0, 0.1) is 5.82 Å². The van der Waals surface area contributed by atoms with Crippen LogP contribution >= 0.6 is 15.9 Å². The molecule has 5 nitrogen and oxygen atoms in total. The lowest BCUT2D eigenvalue weighted by molar-refractivity contribution is 0.0686. The topological polar surface area (TPSA) is 72.6 Å². The van der Waals surface area contributed by atoms with Gasteiger partial charge in [-0.05, 0) is 28.1 Å². The zero-order valence-corrected chi connectivity index (χ0v) is 10.7. The van der Waals surface area contributed by atoms with E-state index >= 15 is 0 Å². The molecule has 1 aromatic heterocycles. The SMILES string of the molecule is COc1cc(-c2cc(C(=O)O)no2)cc(Br)c1F. The van der Waals surface area contributed by atoms with Crippen molar-refractivity contribution in [2.75, 3.05) is 7.11 Å². The van der Waals surface area contributed by atoms with Crippen LogP contribution in [0.25, 0.3) is 11.3 Å². The van der Waals surface area contributed by atoms with Gasteiger partial charge in [0, 0.05) is 11.6 Å². The number of halogens is 2. The quantitative estimate of drug-likeness (QED) is 0.942. The summed E-state index contributed by atoms with van der Waals surface area (Å²) in [6, 6.07) is 4.09. The molecule has 0 aliphatic heterocycles. The number of nitrogens with zero attached hydrogens (tertiary/aromatic N) is 1. The van der Waals surface area contributed by atoms with E-state index in [1.165, 1.54) is 25.3 Å². The van der Waals surface area contributed by atoms with Crippen molar-refractivity contribution in [2.45, 2.75) is 0 Å². The van der Waals surface area contributed by atoms with Gasteiger partial charge in [0.25, 0.3) is 0 Å². The lowest BCUT2D eigenvalue weighted by Crippen LogP contribution is -1.94. The van der Waals surface area contributed by atoms with Crippen LogP contribution in [0.5, 0.6) is 5.75 Å². The van der Waals surface area contributed by atoms with E-state index in [1.54, 1.807) is 0 Å². The van der Waals surface area contributed by atoms with Gasteiger partial charge in [0.1, 0.15) is 0 Å². The summed E-state index contributed by atoms with van der Waals surface area (Å²) in [6.07, 6.45) is 0. The number of carbonyl (C=O) groups is 1. The fraction of sp³-hybridized carbons (Fsp3) is 0.0909. The molecule has 0 atom stereocenters. The summed E-state index contributed by atoms with van der Waals surface area (Å²) in [4.78, 5) is 10.7. The van der Waals surface area contributed by atoms with E-state index in [1.807, 2.05) is 0 Å². The van der Waals surface area contributed by atoms with E-state index < -0.39 is 11.8 Å². The summed E-state index contributed by atoms with van der Waals surface area (Å²) in [6.45, 7) is 0. The molecule has 0 bridgehead atoms. The number of aromatic carboxylic acids is 1. The Kier molecular flexibility index (Phi) is 3.33. The van der Waals surface area contributed by atoms with Crippen molar-refractivity contribution in [3.05, 3.63) is 34.2 Å². The third-order valence-corrected chi connectivity index (χ3v) is 2.81. The van der Waals surface area contributed by atoms with Gasteiger partial charge in [-0.15, -0.1) is 0 Å². The molecule has 7 heteroatoms. The Morgan fingerprint density at radius 3 is 2.78 bits per heavy atom. The normalized spacial score (nSPS) is 10.4. The third kappa shape index (κ3) is 2.21. The summed E-state index contributed by atoms with van der Waals surface area (Å²) in [5.41, 5.74) is 0.240. The standard InChI is InChI=1S/C11H7BrFNO4/c1-17-9-3-5(2-6(12)10(9)13)8-4-7(11(15)16)14-18-8/h2-4H,1H3,(H,15,16). The Bertz CT molecular complexity index is 611. The first-order valence-electron chi connectivity index (χ1n) is 4.76. The highest BCUT2D eigenvalue weighted by Gasteiger charge is 2.16. The van der Waals surface area contributed by atoms with Gasteiger partial charge in [0.15, 0.2) is 23.0 Å². The summed E-state index contributed by atoms with van der Waals surface area (Å²) >= 11 is 3.04. The van der Waals surface area contributed by atoms with Crippen LogP contribution in [0.4, 0.5) is 4.39 Å². The number of rotatable bonds is 3. The molecule has 0 fully saturated rings. The Morgan fingerprint density at radius 2 is 2.22 bits per heavy atom. The van der Waals surface area contributed by atoms with Crippen molar-refractivity contribution >= 4 is 21.9 Å². The molecule has 1 N–H and O–H groups in total. The highest BCUT2D eigenvalue weighted by atomic mass is 79.9. The second-order valence-corrected chi connectivity index (χ2v) is 4.21. The molecule has 2 aromatic rings. The maximum atomic E-state index is 13.5. The Labute approximate surface area is 109 Å². The van der Waals surface area contributed by atoms with Crippen LogP contribution in [-0.4, -0.2) is 23.3 Å². The van der Waals surface area contributed by atoms with Gasteiger partial charge < -0.3 is 14.4 Å². The molecule has 94 valence electrons. The second-order valence-electron chi connectivity index (χ2n) is 3.36. The monoisotopic (exact) mass is 315 g/mol. The van der Waals surface area contributed by atoms with Crippen molar-refractivity contribution in [3.8, 4) is 17.1 Å². The Morgan fingerprint density at radius 1 is 1.50 bits per heavy atom. The minimum absolute atomic E-state index is 0.0210. The molecular weight excluding hydrogens is 309 g/mol. The van der Waals surface area contributed by atoms with Gasteiger partial charge in [0.2, 0.25) is 0 Å². The molecule has 0 aliphatic carbocycles. The number of benzene rings is 1. The minimum Gasteiger partial charge on any atom is -0.494 e. The fourth-order valence-corrected chi connectivity index (χ4v) is 1.81. The molecule has 1 heterocycles. The smallest absolute Gasteiger partial charge is 0.358 e. The predicted molar refractivity (Wildman–Crippen MR) is 63.1 cm³/mol. The number of methoxy groups -OCH3 is 1. The lowest BCUT2D eigenvalue weighted by Gasteiger charge is -2.05. The van der Waals surface area contributed by atoms with E-state index in [0.717, 1.165) is 0 Å². The fourth-order valence-electron chi connectivity index (χ4n) is 1.37. The molecule has 0 aliphatic rings. The minimum atomic E-state index is -1.20. The van der Waals surface area contributed by atoms with Crippen LogP contribution in [-0.2, 0) is 0 Å². The summed E-state index contributed by atoms with van der Waals surface area (Å²) < 4.78 is 23.4. The highest BCUT2D eigenvalue weighted by molar-refractivity contribution is 9.10. The molecule has 0 spiro atoms. The predicted octanol–water partition coefficient (Wildman–Crippen LogP) is 2.95. The third-order valence-electron chi connectivity index (χ3n) is 2.23. The summed E-state index contributed by atoms with van der Waals surface area (Å²) in [5, 5.41) is 12.1. The van der Waals surface area contributed by atoms with Crippen molar-refractivity contribution in [3.63, 3.8) is 0 Å². The van der Waals surface area contributed by atoms with Gasteiger partial charge in [-0.25, -0.2) is 9.18 Å². The second kappa shape index (κ2) is 4.77. The first-order valence-corrected chi connectivity index (χ1v) is 5.55. The molecule has 18 heavy (non-hydrogen) atoms. The lowest BCUT2D eigenvalue weighted by atomic mass is 10.1. The van der Waals surface area contributed by atoms with Crippen LogP contribution in [0.2, 0.25) is 0 Å². The maximum Gasteiger partial charge on any atom is 0.358 e. The number of aromatic nitrogens is 1. The number of hydrogen-bond acceptors (Lipinski definition) is 4. The van der Waals surface area contributed by atoms with Crippen molar-refractivity contribution in [1.82, 2.24) is 5.16 Å². The average Bonchev–Trinajstić information content (AvgIpc) is 2.82. The molecule has 1 aromatic carbocycles. The Balaban J connectivity index is 2.50. The van der Waals surface area contributed by atoms with E-state index in [4.69, 9.17) is 14.4 Å². The molecule has 0 saturated heterocycles. The summed E-state index contributed by atoms with van der Waals surface area (Å²) in [7, 11) is 1.33. The average molecular weight is 316 g/mol.